The monoisotopic (exact) mass is 337 g/mol. The quantitative estimate of drug-likeness (QED) is 0.789. The second-order valence-electron chi connectivity index (χ2n) is 5.98. The van der Waals surface area contributed by atoms with Gasteiger partial charge in [-0.25, -0.2) is 9.97 Å². The van der Waals surface area contributed by atoms with Crippen molar-refractivity contribution in [2.45, 2.75) is 0 Å². The van der Waals surface area contributed by atoms with Crippen LogP contribution in [0.3, 0.4) is 0 Å². The normalized spacial score (nSPS) is 14.7. The summed E-state index contributed by atoms with van der Waals surface area (Å²) < 4.78 is 7.60. The smallest absolute Gasteiger partial charge is 0.321 e. The fourth-order valence-electron chi connectivity index (χ4n) is 3.05. The number of nitrogens with one attached hydrogen (secondary N) is 1. The second kappa shape index (κ2) is 6.52. The molecule has 1 aromatic carbocycles. The number of carbonyl (C=O) groups is 1. The molecule has 1 aliphatic rings. The van der Waals surface area contributed by atoms with Gasteiger partial charge < -0.3 is 19.5 Å². The van der Waals surface area contributed by atoms with E-state index >= 15 is 0 Å². The summed E-state index contributed by atoms with van der Waals surface area (Å²) in [6, 6.07) is 9.68. The lowest BCUT2D eigenvalue weighted by Crippen LogP contribution is -2.46. The van der Waals surface area contributed by atoms with Crippen LogP contribution in [0.1, 0.15) is 10.5 Å². The van der Waals surface area contributed by atoms with Gasteiger partial charge in [0.25, 0.3) is 5.91 Å². The number of fused-ring (bicyclic) bond motifs is 1. The van der Waals surface area contributed by atoms with E-state index in [-0.39, 0.29) is 5.91 Å². The van der Waals surface area contributed by atoms with Crippen LogP contribution in [0.5, 0.6) is 11.8 Å². The molecule has 1 saturated heterocycles. The van der Waals surface area contributed by atoms with E-state index in [0.717, 1.165) is 37.1 Å². The third kappa shape index (κ3) is 3.06. The van der Waals surface area contributed by atoms with Crippen LogP contribution in [0.15, 0.2) is 42.7 Å². The summed E-state index contributed by atoms with van der Waals surface area (Å²) in [7, 11) is 1.90. The highest BCUT2D eigenvalue weighted by Crippen LogP contribution is 2.26. The van der Waals surface area contributed by atoms with E-state index < -0.39 is 0 Å². The average Bonchev–Trinajstić information content (AvgIpc) is 2.99. The SMILES string of the molecule is Cn1c(C(=O)N2CCNCC2)cc2ccc(Oc3ncccn3)cc21. The molecule has 1 aliphatic heterocycles. The van der Waals surface area contributed by atoms with Gasteiger partial charge in [-0.3, -0.25) is 4.79 Å². The maximum atomic E-state index is 12.8. The highest BCUT2D eigenvalue weighted by Gasteiger charge is 2.21. The molecule has 0 bridgehead atoms. The summed E-state index contributed by atoms with van der Waals surface area (Å²) in [5.74, 6) is 0.704. The fourth-order valence-corrected chi connectivity index (χ4v) is 3.05. The van der Waals surface area contributed by atoms with E-state index in [4.69, 9.17) is 4.74 Å². The molecule has 3 aromatic rings. The Hall–Kier alpha value is -2.93. The molecule has 0 atom stereocenters. The molecule has 7 heteroatoms. The predicted molar refractivity (Wildman–Crippen MR) is 93.8 cm³/mol. The summed E-state index contributed by atoms with van der Waals surface area (Å²) in [6.45, 7) is 3.15. The standard InChI is InChI=1S/C18H19N5O2/c1-22-15-12-14(25-18-20-5-2-6-21-18)4-3-13(15)11-16(22)17(24)23-9-7-19-8-10-23/h2-6,11-12,19H,7-10H2,1H3. The molecule has 0 aliphatic carbocycles. The van der Waals surface area contributed by atoms with Gasteiger partial charge >= 0.3 is 6.01 Å². The third-order valence-corrected chi connectivity index (χ3v) is 4.39. The molecule has 1 N–H and O–H groups in total. The Morgan fingerprint density at radius 2 is 1.92 bits per heavy atom. The van der Waals surface area contributed by atoms with Gasteiger partial charge in [0.2, 0.25) is 0 Å². The number of piperazine rings is 1. The molecule has 0 unspecified atom stereocenters. The molecule has 0 radical (unpaired) electrons. The van der Waals surface area contributed by atoms with Crippen LogP contribution >= 0.6 is 0 Å². The number of aryl methyl sites for hydroxylation is 1. The maximum absolute atomic E-state index is 12.8. The number of hydrogen-bond acceptors (Lipinski definition) is 5. The minimum atomic E-state index is 0.0639. The van der Waals surface area contributed by atoms with Crippen LogP contribution in [0.4, 0.5) is 0 Å². The molecule has 0 saturated carbocycles. The van der Waals surface area contributed by atoms with Crippen LogP contribution in [0, 0.1) is 0 Å². The van der Waals surface area contributed by atoms with E-state index in [1.807, 2.05) is 40.8 Å². The Balaban J connectivity index is 1.64. The molecular formula is C18H19N5O2. The van der Waals surface area contributed by atoms with E-state index in [2.05, 4.69) is 15.3 Å². The van der Waals surface area contributed by atoms with Crippen LogP contribution in [-0.2, 0) is 7.05 Å². The van der Waals surface area contributed by atoms with Crippen molar-refractivity contribution in [2.24, 2.45) is 7.05 Å². The van der Waals surface area contributed by atoms with Crippen molar-refractivity contribution in [3.63, 3.8) is 0 Å². The first-order valence-corrected chi connectivity index (χ1v) is 8.27. The molecule has 1 fully saturated rings. The lowest BCUT2D eigenvalue weighted by atomic mass is 10.2. The lowest BCUT2D eigenvalue weighted by molar-refractivity contribution is 0.0726. The van der Waals surface area contributed by atoms with Crippen molar-refractivity contribution in [1.29, 1.82) is 0 Å². The fraction of sp³-hybridized carbons (Fsp3) is 0.278. The summed E-state index contributed by atoms with van der Waals surface area (Å²) >= 11 is 0. The minimum Gasteiger partial charge on any atom is -0.424 e. The second-order valence-corrected chi connectivity index (χ2v) is 5.98. The van der Waals surface area contributed by atoms with E-state index in [0.29, 0.717) is 17.5 Å². The molecule has 1 amide bonds. The van der Waals surface area contributed by atoms with Gasteiger partial charge in [0.15, 0.2) is 0 Å². The average molecular weight is 337 g/mol. The Morgan fingerprint density at radius 3 is 2.68 bits per heavy atom. The number of benzene rings is 1. The van der Waals surface area contributed by atoms with Crippen LogP contribution in [0.25, 0.3) is 10.9 Å². The molecule has 4 rings (SSSR count). The number of carbonyl (C=O) groups excluding carboxylic acids is 1. The van der Waals surface area contributed by atoms with Crippen molar-refractivity contribution in [3.8, 4) is 11.8 Å². The molecule has 3 heterocycles. The maximum Gasteiger partial charge on any atom is 0.321 e. The number of nitrogens with zero attached hydrogens (tertiary/aromatic N) is 4. The van der Waals surface area contributed by atoms with Gasteiger partial charge in [-0.2, -0.15) is 0 Å². The molecule has 25 heavy (non-hydrogen) atoms. The van der Waals surface area contributed by atoms with Gasteiger partial charge in [-0.1, -0.05) is 0 Å². The zero-order valence-corrected chi connectivity index (χ0v) is 14.0. The zero-order chi connectivity index (χ0) is 17.2. The zero-order valence-electron chi connectivity index (χ0n) is 14.0. The number of aromatic nitrogens is 3. The van der Waals surface area contributed by atoms with Crippen molar-refractivity contribution >= 4 is 16.8 Å². The van der Waals surface area contributed by atoms with Crippen molar-refractivity contribution in [2.75, 3.05) is 26.2 Å². The number of amides is 1. The van der Waals surface area contributed by atoms with E-state index in [9.17, 15) is 4.79 Å². The Labute approximate surface area is 145 Å². The summed E-state index contributed by atoms with van der Waals surface area (Å²) in [5, 5.41) is 4.27. The van der Waals surface area contributed by atoms with Crippen molar-refractivity contribution < 1.29 is 9.53 Å². The van der Waals surface area contributed by atoms with Crippen LogP contribution in [-0.4, -0.2) is 51.5 Å². The first kappa shape index (κ1) is 15.6. The Kier molecular flexibility index (Phi) is 4.07. The third-order valence-electron chi connectivity index (χ3n) is 4.39. The first-order valence-electron chi connectivity index (χ1n) is 8.27. The Bertz CT molecular complexity index is 900. The van der Waals surface area contributed by atoms with E-state index in [1.165, 1.54) is 0 Å². The van der Waals surface area contributed by atoms with Crippen LogP contribution < -0.4 is 10.1 Å². The Morgan fingerprint density at radius 1 is 1.16 bits per heavy atom. The highest BCUT2D eigenvalue weighted by atomic mass is 16.5. The first-order chi connectivity index (χ1) is 12.2. The number of rotatable bonds is 3. The highest BCUT2D eigenvalue weighted by molar-refractivity contribution is 5.99. The molecule has 2 aromatic heterocycles. The van der Waals surface area contributed by atoms with Crippen LogP contribution in [0.2, 0.25) is 0 Å². The van der Waals surface area contributed by atoms with Gasteiger partial charge in [0.1, 0.15) is 11.4 Å². The summed E-state index contributed by atoms with van der Waals surface area (Å²) in [6.07, 6.45) is 3.27. The summed E-state index contributed by atoms with van der Waals surface area (Å²) in [5.41, 5.74) is 1.62. The number of hydrogen-bond donors (Lipinski definition) is 1. The van der Waals surface area contributed by atoms with Gasteiger partial charge in [0.05, 0.1) is 5.52 Å². The number of ether oxygens (including phenoxy) is 1. The topological polar surface area (TPSA) is 72.3 Å². The minimum absolute atomic E-state index is 0.0639. The predicted octanol–water partition coefficient (Wildman–Crippen LogP) is 1.81. The van der Waals surface area contributed by atoms with Gasteiger partial charge in [-0.15, -0.1) is 0 Å². The molecule has 0 spiro atoms. The van der Waals surface area contributed by atoms with Gasteiger partial charge in [0, 0.05) is 57.1 Å². The molecule has 7 nitrogen and oxygen atoms in total. The largest absolute Gasteiger partial charge is 0.424 e. The summed E-state index contributed by atoms with van der Waals surface area (Å²) in [4.78, 5) is 22.8. The molecular weight excluding hydrogens is 318 g/mol. The lowest BCUT2D eigenvalue weighted by Gasteiger charge is -2.27. The van der Waals surface area contributed by atoms with Crippen molar-refractivity contribution in [3.05, 3.63) is 48.4 Å². The van der Waals surface area contributed by atoms with E-state index in [1.54, 1.807) is 18.5 Å². The molecule has 128 valence electrons. The van der Waals surface area contributed by atoms with Gasteiger partial charge in [-0.05, 0) is 24.3 Å². The van der Waals surface area contributed by atoms with Crippen molar-refractivity contribution in [1.82, 2.24) is 24.8 Å².